The van der Waals surface area contributed by atoms with E-state index in [2.05, 4.69) is 11.4 Å². The maximum Gasteiger partial charge on any atom is 0.0769 e. The molecule has 1 fully saturated rings. The molecule has 1 atom stereocenters. The predicted octanol–water partition coefficient (Wildman–Crippen LogP) is 1.69. The van der Waals surface area contributed by atoms with Crippen molar-refractivity contribution in [1.82, 2.24) is 0 Å². The molecule has 0 aliphatic carbocycles. The molecule has 1 heterocycles. The Morgan fingerprint density at radius 1 is 1.50 bits per heavy atom. The minimum absolute atomic E-state index is 0.425. The summed E-state index contributed by atoms with van der Waals surface area (Å²) in [5.41, 5.74) is 1.14. The minimum Gasteiger partial charge on any atom is -0.382 e. The third kappa shape index (κ3) is 1.77. The molecular formula is C10H12NO. The van der Waals surface area contributed by atoms with E-state index in [0.29, 0.717) is 6.10 Å². The van der Waals surface area contributed by atoms with Crippen molar-refractivity contribution < 1.29 is 4.74 Å². The van der Waals surface area contributed by atoms with Crippen LogP contribution in [0.15, 0.2) is 24.3 Å². The molecule has 2 nitrogen and oxygen atoms in total. The summed E-state index contributed by atoms with van der Waals surface area (Å²) in [5, 5.41) is 3.30. The Hall–Kier alpha value is -1.02. The van der Waals surface area contributed by atoms with Crippen molar-refractivity contribution >= 4 is 5.69 Å². The van der Waals surface area contributed by atoms with Gasteiger partial charge in [-0.2, -0.15) is 0 Å². The van der Waals surface area contributed by atoms with E-state index in [1.807, 2.05) is 24.3 Å². The van der Waals surface area contributed by atoms with Crippen LogP contribution >= 0.6 is 0 Å². The molecule has 12 heavy (non-hydrogen) atoms. The maximum atomic E-state index is 5.28. The number of hydrogen-bond acceptors (Lipinski definition) is 2. The zero-order valence-corrected chi connectivity index (χ0v) is 6.92. The second kappa shape index (κ2) is 3.59. The zero-order valence-electron chi connectivity index (χ0n) is 6.92. The van der Waals surface area contributed by atoms with Crippen LogP contribution in [0.3, 0.4) is 0 Å². The van der Waals surface area contributed by atoms with E-state index in [1.54, 1.807) is 0 Å². The van der Waals surface area contributed by atoms with Crippen molar-refractivity contribution in [2.45, 2.75) is 12.5 Å². The van der Waals surface area contributed by atoms with Gasteiger partial charge in [0.15, 0.2) is 0 Å². The van der Waals surface area contributed by atoms with Crippen molar-refractivity contribution in [3.05, 3.63) is 30.3 Å². The van der Waals surface area contributed by atoms with Crippen LogP contribution < -0.4 is 5.32 Å². The first-order valence-corrected chi connectivity index (χ1v) is 4.27. The Balaban J connectivity index is 1.79. The highest BCUT2D eigenvalue weighted by Gasteiger charge is 2.16. The molecule has 1 aliphatic rings. The highest BCUT2D eigenvalue weighted by molar-refractivity contribution is 5.42. The lowest BCUT2D eigenvalue weighted by Gasteiger charge is -2.26. The van der Waals surface area contributed by atoms with Crippen LogP contribution in [-0.2, 0) is 4.74 Å². The Kier molecular flexibility index (Phi) is 2.28. The van der Waals surface area contributed by atoms with Crippen LogP contribution in [0.2, 0.25) is 0 Å². The summed E-state index contributed by atoms with van der Waals surface area (Å²) in [5.74, 6) is 0. The third-order valence-electron chi connectivity index (χ3n) is 2.05. The predicted molar refractivity (Wildman–Crippen MR) is 48.1 cm³/mol. The van der Waals surface area contributed by atoms with Crippen LogP contribution in [-0.4, -0.2) is 19.3 Å². The van der Waals surface area contributed by atoms with Gasteiger partial charge in [0.05, 0.1) is 6.10 Å². The maximum absolute atomic E-state index is 5.28. The van der Waals surface area contributed by atoms with Crippen molar-refractivity contribution in [2.24, 2.45) is 0 Å². The van der Waals surface area contributed by atoms with Crippen molar-refractivity contribution in [3.63, 3.8) is 0 Å². The highest BCUT2D eigenvalue weighted by atomic mass is 16.5. The molecule has 63 valence electrons. The summed E-state index contributed by atoms with van der Waals surface area (Å²) in [7, 11) is 0. The fourth-order valence-corrected chi connectivity index (χ4v) is 1.18. The first kappa shape index (κ1) is 7.62. The number of hydrogen-bond donors (Lipinski definition) is 1. The number of ether oxygens (including phenoxy) is 1. The van der Waals surface area contributed by atoms with Gasteiger partial charge in [0.2, 0.25) is 0 Å². The van der Waals surface area contributed by atoms with E-state index in [9.17, 15) is 0 Å². The molecule has 1 N–H and O–H groups in total. The summed E-state index contributed by atoms with van der Waals surface area (Å²) in [6, 6.07) is 10.8. The van der Waals surface area contributed by atoms with Gasteiger partial charge in [0.1, 0.15) is 0 Å². The van der Waals surface area contributed by atoms with Crippen molar-refractivity contribution in [1.29, 1.82) is 0 Å². The van der Waals surface area contributed by atoms with Crippen LogP contribution in [0.4, 0.5) is 5.69 Å². The largest absolute Gasteiger partial charge is 0.382 e. The molecule has 2 heteroatoms. The minimum atomic E-state index is 0.425. The lowest BCUT2D eigenvalue weighted by atomic mass is 10.2. The summed E-state index contributed by atoms with van der Waals surface area (Å²) >= 11 is 0. The van der Waals surface area contributed by atoms with Crippen molar-refractivity contribution in [3.8, 4) is 0 Å². The quantitative estimate of drug-likeness (QED) is 0.730. The number of anilines is 1. The number of benzene rings is 1. The molecule has 1 aromatic carbocycles. The Morgan fingerprint density at radius 3 is 2.83 bits per heavy atom. The van der Waals surface area contributed by atoms with Gasteiger partial charge in [-0.1, -0.05) is 12.1 Å². The zero-order chi connectivity index (χ0) is 8.23. The molecule has 1 unspecified atom stereocenters. The second-order valence-electron chi connectivity index (χ2n) is 2.95. The van der Waals surface area contributed by atoms with E-state index in [4.69, 9.17) is 4.74 Å². The van der Waals surface area contributed by atoms with E-state index >= 15 is 0 Å². The molecule has 0 saturated carbocycles. The molecule has 0 spiro atoms. The lowest BCUT2D eigenvalue weighted by Crippen LogP contribution is -2.33. The highest BCUT2D eigenvalue weighted by Crippen LogP contribution is 2.12. The van der Waals surface area contributed by atoms with Gasteiger partial charge in [0, 0.05) is 18.8 Å². The van der Waals surface area contributed by atoms with Crippen LogP contribution in [0.25, 0.3) is 0 Å². The Labute approximate surface area is 72.5 Å². The molecule has 1 saturated heterocycles. The first-order valence-electron chi connectivity index (χ1n) is 4.27. The fraction of sp³-hybridized carbons (Fsp3) is 0.400. The Bertz CT molecular complexity index is 231. The summed E-state index contributed by atoms with van der Waals surface area (Å²) in [6.07, 6.45) is 1.61. The first-order chi connectivity index (χ1) is 5.95. The molecule has 2 rings (SSSR count). The molecule has 0 bridgehead atoms. The Morgan fingerprint density at radius 2 is 2.25 bits per heavy atom. The van der Waals surface area contributed by atoms with Crippen LogP contribution in [0.5, 0.6) is 0 Å². The van der Waals surface area contributed by atoms with Gasteiger partial charge in [-0.3, -0.25) is 0 Å². The van der Waals surface area contributed by atoms with E-state index in [0.717, 1.165) is 18.8 Å². The summed E-state index contributed by atoms with van der Waals surface area (Å²) < 4.78 is 5.28. The van der Waals surface area contributed by atoms with Gasteiger partial charge in [-0.15, -0.1) is 0 Å². The van der Waals surface area contributed by atoms with Crippen LogP contribution in [0.1, 0.15) is 6.42 Å². The topological polar surface area (TPSA) is 21.3 Å². The third-order valence-corrected chi connectivity index (χ3v) is 2.05. The van der Waals surface area contributed by atoms with Crippen LogP contribution in [0, 0.1) is 6.07 Å². The average molecular weight is 162 g/mol. The second-order valence-corrected chi connectivity index (χ2v) is 2.95. The standard InChI is InChI=1S/C10H12NO/c1-2-4-9(5-3-1)11-8-10-6-7-12-10/h2-5,10-11H,6-8H2. The molecule has 1 radical (unpaired) electrons. The van der Waals surface area contributed by atoms with Gasteiger partial charge in [0.25, 0.3) is 0 Å². The molecule has 1 aliphatic heterocycles. The number of nitrogens with one attached hydrogen (secondary N) is 1. The molecular weight excluding hydrogens is 150 g/mol. The van der Waals surface area contributed by atoms with Gasteiger partial charge in [-0.05, 0) is 24.6 Å². The molecule has 0 aromatic heterocycles. The van der Waals surface area contributed by atoms with E-state index in [-0.39, 0.29) is 0 Å². The SMILES string of the molecule is [c]1ccc(NCC2CCO2)cc1. The number of rotatable bonds is 3. The smallest absolute Gasteiger partial charge is 0.0769 e. The monoisotopic (exact) mass is 162 g/mol. The van der Waals surface area contributed by atoms with E-state index in [1.165, 1.54) is 6.42 Å². The summed E-state index contributed by atoms with van der Waals surface area (Å²) in [4.78, 5) is 0. The van der Waals surface area contributed by atoms with Gasteiger partial charge in [-0.25, -0.2) is 0 Å². The lowest BCUT2D eigenvalue weighted by molar-refractivity contribution is -0.0410. The summed E-state index contributed by atoms with van der Waals surface area (Å²) in [6.45, 7) is 1.85. The van der Waals surface area contributed by atoms with E-state index < -0.39 is 0 Å². The van der Waals surface area contributed by atoms with Crippen molar-refractivity contribution in [2.75, 3.05) is 18.5 Å². The fourth-order valence-electron chi connectivity index (χ4n) is 1.18. The van der Waals surface area contributed by atoms with Gasteiger partial charge < -0.3 is 10.1 Å². The molecule has 0 amide bonds. The normalized spacial score (nSPS) is 21.5. The van der Waals surface area contributed by atoms with Gasteiger partial charge >= 0.3 is 0 Å². The molecule has 1 aromatic rings. The average Bonchev–Trinajstić information content (AvgIpc) is 2.04.